The Morgan fingerprint density at radius 3 is 2.85 bits per heavy atom. The van der Waals surface area contributed by atoms with Gasteiger partial charge in [0.2, 0.25) is 5.91 Å². The van der Waals surface area contributed by atoms with Crippen LogP contribution >= 0.6 is 0 Å². The molecule has 6 heteroatoms. The van der Waals surface area contributed by atoms with Gasteiger partial charge in [-0.2, -0.15) is 0 Å². The van der Waals surface area contributed by atoms with Crippen LogP contribution in [0.3, 0.4) is 0 Å². The zero-order valence-corrected chi connectivity index (χ0v) is 11.8. The number of pyridine rings is 1. The van der Waals surface area contributed by atoms with Gasteiger partial charge in [-0.05, 0) is 25.0 Å². The third-order valence-corrected chi connectivity index (χ3v) is 2.68. The molecule has 0 aliphatic rings. The summed E-state index contributed by atoms with van der Waals surface area (Å²) in [6.45, 7) is 2.24. The van der Waals surface area contributed by atoms with Crippen LogP contribution in [0.15, 0.2) is 24.5 Å². The van der Waals surface area contributed by atoms with Crippen LogP contribution in [0.5, 0.6) is 5.75 Å². The van der Waals surface area contributed by atoms with E-state index in [4.69, 9.17) is 4.74 Å². The monoisotopic (exact) mass is 280 g/mol. The second-order valence-electron chi connectivity index (χ2n) is 4.19. The van der Waals surface area contributed by atoms with E-state index in [9.17, 15) is 9.59 Å². The van der Waals surface area contributed by atoms with E-state index in [1.165, 1.54) is 7.11 Å². The first-order chi connectivity index (χ1) is 9.67. The van der Waals surface area contributed by atoms with E-state index < -0.39 is 12.0 Å². The fraction of sp³-hybridized carbons (Fsp3) is 0.500. The Labute approximate surface area is 118 Å². The zero-order chi connectivity index (χ0) is 14.8. The number of amides is 1. The van der Waals surface area contributed by atoms with Gasteiger partial charge in [0.15, 0.2) is 0 Å². The minimum Gasteiger partial charge on any atom is -0.492 e. The van der Waals surface area contributed by atoms with Crippen molar-refractivity contribution in [2.24, 2.45) is 0 Å². The lowest BCUT2D eigenvalue weighted by atomic mass is 10.2. The van der Waals surface area contributed by atoms with Crippen molar-refractivity contribution in [3.63, 3.8) is 0 Å². The molecule has 0 fully saturated rings. The normalized spacial score (nSPS) is 11.5. The number of esters is 1. The molecule has 0 aromatic carbocycles. The Kier molecular flexibility index (Phi) is 7.10. The SMILES string of the molecule is CCC(NC(=O)CCCOc1cccnc1)C(=O)OC. The predicted molar refractivity (Wildman–Crippen MR) is 73.2 cm³/mol. The van der Waals surface area contributed by atoms with Crippen molar-refractivity contribution < 1.29 is 19.1 Å². The van der Waals surface area contributed by atoms with E-state index in [2.05, 4.69) is 15.0 Å². The number of rotatable bonds is 8. The molecule has 1 aromatic heterocycles. The van der Waals surface area contributed by atoms with Crippen molar-refractivity contribution in [3.8, 4) is 5.75 Å². The maximum absolute atomic E-state index is 11.7. The first-order valence-corrected chi connectivity index (χ1v) is 6.57. The Morgan fingerprint density at radius 1 is 1.45 bits per heavy atom. The second-order valence-corrected chi connectivity index (χ2v) is 4.19. The highest BCUT2D eigenvalue weighted by atomic mass is 16.5. The molecular weight excluding hydrogens is 260 g/mol. The third-order valence-electron chi connectivity index (χ3n) is 2.68. The molecule has 0 saturated heterocycles. The first-order valence-electron chi connectivity index (χ1n) is 6.57. The Hall–Kier alpha value is -2.11. The number of carbonyl (C=O) groups is 2. The lowest BCUT2D eigenvalue weighted by Gasteiger charge is -2.14. The quantitative estimate of drug-likeness (QED) is 0.574. The van der Waals surface area contributed by atoms with Crippen molar-refractivity contribution in [3.05, 3.63) is 24.5 Å². The molecule has 0 saturated carbocycles. The summed E-state index contributed by atoms with van der Waals surface area (Å²) in [5.74, 6) is 0.0680. The van der Waals surface area contributed by atoms with Crippen LogP contribution < -0.4 is 10.1 Å². The molecule has 6 nitrogen and oxygen atoms in total. The van der Waals surface area contributed by atoms with Gasteiger partial charge < -0.3 is 14.8 Å². The maximum atomic E-state index is 11.7. The number of aromatic nitrogens is 1. The highest BCUT2D eigenvalue weighted by molar-refractivity contribution is 5.84. The minimum atomic E-state index is -0.577. The number of hydrogen-bond donors (Lipinski definition) is 1. The van der Waals surface area contributed by atoms with Crippen molar-refractivity contribution >= 4 is 11.9 Å². The third kappa shape index (κ3) is 5.69. The fourth-order valence-electron chi connectivity index (χ4n) is 1.59. The number of methoxy groups -OCH3 is 1. The van der Waals surface area contributed by atoms with Crippen LogP contribution in [0.25, 0.3) is 0 Å². The fourth-order valence-corrected chi connectivity index (χ4v) is 1.59. The molecule has 1 rings (SSSR count). The van der Waals surface area contributed by atoms with Gasteiger partial charge in [-0.1, -0.05) is 6.92 Å². The van der Waals surface area contributed by atoms with Gasteiger partial charge in [-0.15, -0.1) is 0 Å². The van der Waals surface area contributed by atoms with Gasteiger partial charge in [0.1, 0.15) is 11.8 Å². The molecule has 1 aromatic rings. The summed E-state index contributed by atoms with van der Waals surface area (Å²) < 4.78 is 10.0. The molecule has 110 valence electrons. The lowest BCUT2D eigenvalue weighted by molar-refractivity contribution is -0.145. The predicted octanol–water partition coefficient (Wildman–Crippen LogP) is 1.31. The Balaban J connectivity index is 2.21. The van der Waals surface area contributed by atoms with E-state index in [0.29, 0.717) is 31.6 Å². The van der Waals surface area contributed by atoms with Gasteiger partial charge in [0.25, 0.3) is 0 Å². The highest BCUT2D eigenvalue weighted by Crippen LogP contribution is 2.06. The zero-order valence-electron chi connectivity index (χ0n) is 11.8. The molecular formula is C14H20N2O4. The number of carbonyl (C=O) groups excluding carboxylic acids is 2. The first kappa shape index (κ1) is 15.9. The highest BCUT2D eigenvalue weighted by Gasteiger charge is 2.18. The molecule has 0 aliphatic carbocycles. The van der Waals surface area contributed by atoms with Gasteiger partial charge in [0.05, 0.1) is 19.9 Å². The average molecular weight is 280 g/mol. The largest absolute Gasteiger partial charge is 0.492 e. The molecule has 1 heterocycles. The van der Waals surface area contributed by atoms with E-state index in [1.54, 1.807) is 24.5 Å². The van der Waals surface area contributed by atoms with Crippen LogP contribution in [0.2, 0.25) is 0 Å². The number of nitrogens with zero attached hydrogens (tertiary/aromatic N) is 1. The smallest absolute Gasteiger partial charge is 0.328 e. The van der Waals surface area contributed by atoms with Crippen LogP contribution in [-0.2, 0) is 14.3 Å². The summed E-state index contributed by atoms with van der Waals surface area (Å²) in [6, 6.07) is 3.01. The molecule has 1 atom stereocenters. The molecule has 0 aliphatic heterocycles. The van der Waals surface area contributed by atoms with E-state index >= 15 is 0 Å². The van der Waals surface area contributed by atoms with E-state index in [-0.39, 0.29) is 5.91 Å². The molecule has 0 bridgehead atoms. The van der Waals surface area contributed by atoms with Crippen molar-refractivity contribution in [1.82, 2.24) is 10.3 Å². The molecule has 1 amide bonds. The van der Waals surface area contributed by atoms with Crippen LogP contribution in [0, 0.1) is 0 Å². The lowest BCUT2D eigenvalue weighted by Crippen LogP contribution is -2.41. The summed E-state index contributed by atoms with van der Waals surface area (Å²) in [5.41, 5.74) is 0. The van der Waals surface area contributed by atoms with Crippen LogP contribution in [0.1, 0.15) is 26.2 Å². The molecule has 1 N–H and O–H groups in total. The Bertz CT molecular complexity index is 422. The molecule has 1 unspecified atom stereocenters. The standard InChI is InChI=1S/C14H20N2O4/c1-3-12(14(18)19-2)16-13(17)7-5-9-20-11-6-4-8-15-10-11/h4,6,8,10,12H,3,5,7,9H2,1-2H3,(H,16,17). The molecule has 0 radical (unpaired) electrons. The summed E-state index contributed by atoms with van der Waals surface area (Å²) in [4.78, 5) is 26.9. The summed E-state index contributed by atoms with van der Waals surface area (Å²) in [7, 11) is 1.30. The minimum absolute atomic E-state index is 0.183. The maximum Gasteiger partial charge on any atom is 0.328 e. The number of hydrogen-bond acceptors (Lipinski definition) is 5. The van der Waals surface area contributed by atoms with E-state index in [0.717, 1.165) is 0 Å². The van der Waals surface area contributed by atoms with Gasteiger partial charge in [-0.25, -0.2) is 4.79 Å². The van der Waals surface area contributed by atoms with Crippen molar-refractivity contribution in [1.29, 1.82) is 0 Å². The topological polar surface area (TPSA) is 77.5 Å². The average Bonchev–Trinajstić information content (AvgIpc) is 2.49. The summed E-state index contributed by atoms with van der Waals surface area (Å²) >= 11 is 0. The van der Waals surface area contributed by atoms with E-state index in [1.807, 2.05) is 6.92 Å². The van der Waals surface area contributed by atoms with Gasteiger partial charge in [0, 0.05) is 12.6 Å². The second kappa shape index (κ2) is 8.90. The van der Waals surface area contributed by atoms with Crippen LogP contribution in [0.4, 0.5) is 0 Å². The summed E-state index contributed by atoms with van der Waals surface area (Å²) in [5, 5.41) is 2.63. The number of nitrogens with one attached hydrogen (secondary N) is 1. The van der Waals surface area contributed by atoms with Crippen molar-refractivity contribution in [2.75, 3.05) is 13.7 Å². The van der Waals surface area contributed by atoms with Gasteiger partial charge >= 0.3 is 5.97 Å². The number of ether oxygens (including phenoxy) is 2. The summed E-state index contributed by atoms with van der Waals surface area (Å²) in [6.07, 6.45) is 4.65. The van der Waals surface area contributed by atoms with Crippen molar-refractivity contribution in [2.45, 2.75) is 32.2 Å². The Morgan fingerprint density at radius 2 is 2.25 bits per heavy atom. The molecule has 0 spiro atoms. The molecule has 20 heavy (non-hydrogen) atoms. The van der Waals surface area contributed by atoms with Crippen LogP contribution in [-0.4, -0.2) is 36.6 Å². The van der Waals surface area contributed by atoms with Gasteiger partial charge in [-0.3, -0.25) is 9.78 Å².